The third-order valence-corrected chi connectivity index (χ3v) is 14.3. The molecule has 43 heavy (non-hydrogen) atoms. The van der Waals surface area contributed by atoms with Crippen LogP contribution in [-0.2, 0) is 20.9 Å². The molecule has 6 heteroatoms. The molecule has 0 spiro atoms. The SMILES string of the molecule is C[C@]1(C(=O)OCc2ccccc2)CC[C@]2(C)CC[C@]3(C)C(=CC(=O)[C@@H]4[C@@]5(C)CC/C(=N\O)[C@@](C)(CO)[C@@H]5CC[C@]43C)C2C1. The number of oxime groups is 1. The van der Waals surface area contributed by atoms with E-state index in [2.05, 4.69) is 39.8 Å². The molecule has 4 fully saturated rings. The number of ketones is 1. The molecule has 0 radical (unpaired) electrons. The largest absolute Gasteiger partial charge is 0.460 e. The maximum absolute atomic E-state index is 14.6. The minimum atomic E-state index is -0.634. The van der Waals surface area contributed by atoms with Crippen molar-refractivity contribution >= 4 is 17.5 Å². The number of carbonyl (C=O) groups is 2. The molecule has 9 atom stereocenters. The van der Waals surface area contributed by atoms with Gasteiger partial charge in [0, 0.05) is 11.3 Å². The maximum atomic E-state index is 14.6. The molecular formula is C37H51NO5. The van der Waals surface area contributed by atoms with Crippen molar-refractivity contribution in [2.45, 2.75) is 106 Å². The van der Waals surface area contributed by atoms with Crippen LogP contribution < -0.4 is 0 Å². The maximum Gasteiger partial charge on any atom is 0.312 e. The van der Waals surface area contributed by atoms with Gasteiger partial charge in [-0.15, -0.1) is 0 Å². The lowest BCUT2D eigenvalue weighted by atomic mass is 9.33. The minimum Gasteiger partial charge on any atom is -0.460 e. The van der Waals surface area contributed by atoms with Crippen molar-refractivity contribution in [1.82, 2.24) is 0 Å². The van der Waals surface area contributed by atoms with Gasteiger partial charge in [-0.25, -0.2) is 0 Å². The Morgan fingerprint density at radius 3 is 2.35 bits per heavy atom. The van der Waals surface area contributed by atoms with Crippen LogP contribution in [-0.4, -0.2) is 34.4 Å². The second-order valence-corrected chi connectivity index (χ2v) is 16.4. The number of fused-ring (bicyclic) bond motifs is 7. The molecule has 5 aliphatic carbocycles. The number of nitrogens with zero attached hydrogens (tertiary/aromatic N) is 1. The highest BCUT2D eigenvalue weighted by Gasteiger charge is 2.70. The fourth-order valence-corrected chi connectivity index (χ4v) is 11.3. The first-order chi connectivity index (χ1) is 20.2. The Kier molecular flexibility index (Phi) is 7.12. The predicted molar refractivity (Wildman–Crippen MR) is 166 cm³/mol. The highest BCUT2D eigenvalue weighted by atomic mass is 16.5. The monoisotopic (exact) mass is 589 g/mol. The molecule has 4 saturated carbocycles. The molecule has 0 aromatic heterocycles. The van der Waals surface area contributed by atoms with E-state index in [9.17, 15) is 19.9 Å². The number of hydrogen-bond donors (Lipinski definition) is 2. The van der Waals surface area contributed by atoms with Gasteiger partial charge in [0.05, 0.1) is 17.7 Å². The lowest BCUT2D eigenvalue weighted by Crippen LogP contribution is -2.67. The molecule has 6 nitrogen and oxygen atoms in total. The zero-order chi connectivity index (χ0) is 31.1. The van der Waals surface area contributed by atoms with Crippen LogP contribution in [0.3, 0.4) is 0 Å². The molecule has 1 aromatic carbocycles. The zero-order valence-corrected chi connectivity index (χ0v) is 27.0. The Hall–Kier alpha value is -2.47. The van der Waals surface area contributed by atoms with Gasteiger partial charge in [0.2, 0.25) is 0 Å². The molecule has 1 aromatic rings. The number of aliphatic hydroxyl groups excluding tert-OH is 1. The lowest BCUT2D eigenvalue weighted by molar-refractivity contribution is -0.180. The van der Waals surface area contributed by atoms with Gasteiger partial charge in [0.1, 0.15) is 6.61 Å². The van der Waals surface area contributed by atoms with Crippen LogP contribution in [0.5, 0.6) is 0 Å². The van der Waals surface area contributed by atoms with Gasteiger partial charge in [-0.3, -0.25) is 9.59 Å². The van der Waals surface area contributed by atoms with Crippen LogP contribution in [0.2, 0.25) is 0 Å². The van der Waals surface area contributed by atoms with Gasteiger partial charge in [-0.2, -0.15) is 0 Å². The molecule has 5 aliphatic rings. The van der Waals surface area contributed by atoms with E-state index in [0.29, 0.717) is 18.6 Å². The number of rotatable bonds is 4. The summed E-state index contributed by atoms with van der Waals surface area (Å²) >= 11 is 0. The van der Waals surface area contributed by atoms with E-state index in [-0.39, 0.29) is 64.4 Å². The summed E-state index contributed by atoms with van der Waals surface area (Å²) in [6, 6.07) is 9.86. The number of benzene rings is 1. The fourth-order valence-electron chi connectivity index (χ4n) is 11.3. The molecule has 1 unspecified atom stereocenters. The van der Waals surface area contributed by atoms with Gasteiger partial charge in [0.25, 0.3) is 0 Å². The highest BCUT2D eigenvalue weighted by Crippen LogP contribution is 2.75. The summed E-state index contributed by atoms with van der Waals surface area (Å²) in [7, 11) is 0. The average molecular weight is 590 g/mol. The molecule has 0 amide bonds. The minimum absolute atomic E-state index is 0.0575. The molecule has 6 rings (SSSR count). The van der Waals surface area contributed by atoms with E-state index in [4.69, 9.17) is 4.74 Å². The number of esters is 1. The molecule has 0 bridgehead atoms. The Bertz CT molecular complexity index is 1370. The second kappa shape index (κ2) is 10.0. The smallest absolute Gasteiger partial charge is 0.312 e. The summed E-state index contributed by atoms with van der Waals surface area (Å²) in [5, 5.41) is 24.1. The summed E-state index contributed by atoms with van der Waals surface area (Å²) in [4.78, 5) is 28.2. The number of allylic oxidation sites excluding steroid dienone is 2. The molecular weight excluding hydrogens is 538 g/mol. The predicted octanol–water partition coefficient (Wildman–Crippen LogP) is 7.51. The van der Waals surface area contributed by atoms with Crippen LogP contribution in [0.1, 0.15) is 105 Å². The summed E-state index contributed by atoms with van der Waals surface area (Å²) < 4.78 is 5.92. The van der Waals surface area contributed by atoms with Gasteiger partial charge in [-0.05, 0) is 110 Å². The molecule has 0 saturated heterocycles. The second-order valence-electron chi connectivity index (χ2n) is 16.4. The fraction of sp³-hybridized carbons (Fsp3) is 0.703. The summed E-state index contributed by atoms with van der Waals surface area (Å²) in [5.41, 5.74) is 1.08. The third kappa shape index (κ3) is 4.17. The van der Waals surface area contributed by atoms with Crippen molar-refractivity contribution in [1.29, 1.82) is 0 Å². The van der Waals surface area contributed by atoms with Crippen LogP contribution in [0.4, 0.5) is 0 Å². The number of carbonyl (C=O) groups excluding carboxylic acids is 2. The van der Waals surface area contributed by atoms with E-state index < -0.39 is 10.8 Å². The first-order valence-electron chi connectivity index (χ1n) is 16.5. The Morgan fingerprint density at radius 1 is 0.977 bits per heavy atom. The van der Waals surface area contributed by atoms with Crippen LogP contribution >= 0.6 is 0 Å². The Labute approximate surface area is 257 Å². The van der Waals surface area contributed by atoms with E-state index >= 15 is 0 Å². The van der Waals surface area contributed by atoms with Crippen molar-refractivity contribution in [3.63, 3.8) is 0 Å². The van der Waals surface area contributed by atoms with E-state index in [1.807, 2.05) is 43.3 Å². The third-order valence-electron chi connectivity index (χ3n) is 14.3. The molecule has 2 N–H and O–H groups in total. The van der Waals surface area contributed by atoms with Crippen molar-refractivity contribution in [3.05, 3.63) is 47.5 Å². The van der Waals surface area contributed by atoms with Gasteiger partial charge in [-0.1, -0.05) is 75.7 Å². The Balaban J connectivity index is 1.35. The topological polar surface area (TPSA) is 96.2 Å². The van der Waals surface area contributed by atoms with E-state index in [1.54, 1.807) is 0 Å². The van der Waals surface area contributed by atoms with Gasteiger partial charge >= 0.3 is 5.97 Å². The van der Waals surface area contributed by atoms with E-state index in [0.717, 1.165) is 50.5 Å². The molecule has 234 valence electrons. The van der Waals surface area contributed by atoms with Crippen molar-refractivity contribution in [2.24, 2.45) is 55.4 Å². The van der Waals surface area contributed by atoms with Crippen molar-refractivity contribution in [3.8, 4) is 0 Å². The molecule has 0 heterocycles. The summed E-state index contributed by atoms with van der Waals surface area (Å²) in [6.45, 7) is 13.7. The number of hydrogen-bond acceptors (Lipinski definition) is 6. The van der Waals surface area contributed by atoms with Crippen LogP contribution in [0.15, 0.2) is 47.1 Å². The summed E-state index contributed by atoms with van der Waals surface area (Å²) in [6.07, 6.45) is 9.79. The van der Waals surface area contributed by atoms with Gasteiger partial charge in [0.15, 0.2) is 5.78 Å². The van der Waals surface area contributed by atoms with Crippen LogP contribution in [0.25, 0.3) is 0 Å². The quantitative estimate of drug-likeness (QED) is 0.215. The average Bonchev–Trinajstić information content (AvgIpc) is 2.98. The Morgan fingerprint density at radius 2 is 1.67 bits per heavy atom. The van der Waals surface area contributed by atoms with Crippen LogP contribution in [0, 0.1) is 50.2 Å². The molecule has 0 aliphatic heterocycles. The standard InChI is InChI=1S/C37H51NO5/c1-32-16-17-33(2,31(41)43-22-24-10-8-7-9-11-24)21-26(32)25-20-27(40)30-34(3)14-13-29(38-42)35(4,23-39)28(34)12-15-37(30,6)36(25,5)19-18-32/h7-11,20,26,28,30,39,42H,12-19,21-23H2,1-6H3/b38-29+/t26?,28-,30-,32-,33+,34+,35+,36-,37-/m1/s1. The number of ether oxygens (including phenoxy) is 1. The highest BCUT2D eigenvalue weighted by molar-refractivity contribution is 5.97. The van der Waals surface area contributed by atoms with E-state index in [1.165, 1.54) is 5.57 Å². The first kappa shape index (κ1) is 30.6. The first-order valence-corrected chi connectivity index (χ1v) is 16.5. The normalized spacial score (nSPS) is 46.6. The summed E-state index contributed by atoms with van der Waals surface area (Å²) in [5.74, 6) is 0.154. The zero-order valence-electron chi connectivity index (χ0n) is 27.0. The van der Waals surface area contributed by atoms with Gasteiger partial charge < -0.3 is 15.1 Å². The van der Waals surface area contributed by atoms with Crippen molar-refractivity contribution < 1.29 is 24.6 Å². The van der Waals surface area contributed by atoms with Crippen molar-refractivity contribution in [2.75, 3.05) is 6.61 Å². The number of aliphatic hydroxyl groups is 1. The lowest BCUT2D eigenvalue weighted by Gasteiger charge is -2.70.